The lowest BCUT2D eigenvalue weighted by atomic mass is 9.78. The second kappa shape index (κ2) is 5.00. The highest BCUT2D eigenvalue weighted by atomic mass is 19.4. The summed E-state index contributed by atoms with van der Waals surface area (Å²) in [4.78, 5) is 10.8. The van der Waals surface area contributed by atoms with Gasteiger partial charge in [-0.05, 0) is 11.1 Å². The average molecular weight is 260 g/mol. The van der Waals surface area contributed by atoms with Gasteiger partial charge in [0.1, 0.15) is 0 Å². The van der Waals surface area contributed by atoms with Gasteiger partial charge in [0, 0.05) is 5.41 Å². The molecule has 2 nitrogen and oxygen atoms in total. The molecule has 0 aliphatic rings. The summed E-state index contributed by atoms with van der Waals surface area (Å²) in [6, 6.07) is 6.11. The van der Waals surface area contributed by atoms with E-state index in [1.165, 1.54) is 12.1 Å². The van der Waals surface area contributed by atoms with Crippen molar-refractivity contribution in [2.75, 3.05) is 0 Å². The molecule has 0 atom stereocenters. The molecule has 1 rings (SSSR count). The van der Waals surface area contributed by atoms with Gasteiger partial charge in [-0.2, -0.15) is 13.2 Å². The molecule has 1 N–H and O–H groups in total. The largest absolute Gasteiger partial charge is 0.481 e. The van der Waals surface area contributed by atoms with E-state index in [0.717, 1.165) is 0 Å². The number of rotatable bonds is 4. The Labute approximate surface area is 103 Å². The molecule has 0 aliphatic heterocycles. The summed E-state index contributed by atoms with van der Waals surface area (Å²) >= 11 is 0. The monoisotopic (exact) mass is 260 g/mol. The molecule has 0 bridgehead atoms. The van der Waals surface area contributed by atoms with E-state index in [1.54, 1.807) is 26.0 Å². The standard InChI is InChI=1S/C13H15F3O2/c1-12(2,8-11(17)18)10-6-4-3-5-9(10)7-13(14,15)16/h3-6H,7-8H2,1-2H3,(H,17,18). The summed E-state index contributed by atoms with van der Waals surface area (Å²) in [6.07, 6.45) is -5.54. The molecule has 5 heteroatoms. The topological polar surface area (TPSA) is 37.3 Å². The predicted molar refractivity (Wildman–Crippen MR) is 61.5 cm³/mol. The second-order valence-electron chi connectivity index (χ2n) is 4.90. The summed E-state index contributed by atoms with van der Waals surface area (Å²) in [7, 11) is 0. The van der Waals surface area contributed by atoms with Gasteiger partial charge < -0.3 is 5.11 Å². The van der Waals surface area contributed by atoms with Crippen LogP contribution in [-0.2, 0) is 16.6 Å². The smallest absolute Gasteiger partial charge is 0.393 e. The molecule has 0 spiro atoms. The fourth-order valence-corrected chi connectivity index (χ4v) is 2.02. The van der Waals surface area contributed by atoms with Crippen molar-refractivity contribution in [1.29, 1.82) is 0 Å². The first-order chi connectivity index (χ1) is 8.12. The summed E-state index contributed by atoms with van der Waals surface area (Å²) < 4.78 is 37.4. The van der Waals surface area contributed by atoms with E-state index in [2.05, 4.69) is 0 Å². The first-order valence-corrected chi connectivity index (χ1v) is 5.49. The summed E-state index contributed by atoms with van der Waals surface area (Å²) in [5.41, 5.74) is -0.255. The molecule has 100 valence electrons. The predicted octanol–water partition coefficient (Wildman–Crippen LogP) is 3.54. The van der Waals surface area contributed by atoms with Gasteiger partial charge in [-0.15, -0.1) is 0 Å². The van der Waals surface area contributed by atoms with Crippen LogP contribution in [0, 0.1) is 0 Å². The molecule has 18 heavy (non-hydrogen) atoms. The molecule has 0 aliphatic carbocycles. The third kappa shape index (κ3) is 4.05. The molecule has 0 amide bonds. The lowest BCUT2D eigenvalue weighted by Gasteiger charge is -2.26. The van der Waals surface area contributed by atoms with E-state index >= 15 is 0 Å². The average Bonchev–Trinajstić information content (AvgIpc) is 2.13. The Balaban J connectivity index is 3.12. The van der Waals surface area contributed by atoms with E-state index < -0.39 is 24.0 Å². The molecule has 0 aromatic heterocycles. The molecule has 0 heterocycles. The van der Waals surface area contributed by atoms with Gasteiger partial charge in [0.25, 0.3) is 0 Å². The lowest BCUT2D eigenvalue weighted by Crippen LogP contribution is -2.25. The Hall–Kier alpha value is -1.52. The van der Waals surface area contributed by atoms with Gasteiger partial charge in [-0.25, -0.2) is 0 Å². The zero-order valence-electron chi connectivity index (χ0n) is 10.2. The van der Waals surface area contributed by atoms with E-state index in [9.17, 15) is 18.0 Å². The summed E-state index contributed by atoms with van der Waals surface area (Å²) in [6.45, 7) is 3.27. The minimum absolute atomic E-state index is 0.135. The number of carboxylic acid groups (broad SMARTS) is 1. The van der Waals surface area contributed by atoms with Crippen LogP contribution in [0.2, 0.25) is 0 Å². The maximum Gasteiger partial charge on any atom is 0.393 e. The van der Waals surface area contributed by atoms with E-state index in [-0.39, 0.29) is 12.0 Å². The molecule has 0 saturated carbocycles. The Kier molecular flexibility index (Phi) is 4.04. The molecular weight excluding hydrogens is 245 g/mol. The van der Waals surface area contributed by atoms with Crippen LogP contribution in [0.4, 0.5) is 13.2 Å². The second-order valence-corrected chi connectivity index (χ2v) is 4.90. The van der Waals surface area contributed by atoms with Gasteiger partial charge >= 0.3 is 12.1 Å². The lowest BCUT2D eigenvalue weighted by molar-refractivity contribution is -0.138. The van der Waals surface area contributed by atoms with Crippen molar-refractivity contribution in [3.05, 3.63) is 35.4 Å². The quantitative estimate of drug-likeness (QED) is 0.899. The summed E-state index contributed by atoms with van der Waals surface area (Å²) in [5.74, 6) is -1.03. The molecule has 0 radical (unpaired) electrons. The number of carboxylic acids is 1. The number of hydrogen-bond donors (Lipinski definition) is 1. The van der Waals surface area contributed by atoms with Crippen LogP contribution in [-0.4, -0.2) is 17.3 Å². The number of alkyl halides is 3. The van der Waals surface area contributed by atoms with E-state index in [0.29, 0.717) is 5.56 Å². The highest BCUT2D eigenvalue weighted by molar-refractivity contribution is 5.69. The molecule has 1 aromatic carbocycles. The number of halogens is 3. The zero-order valence-corrected chi connectivity index (χ0v) is 10.2. The van der Waals surface area contributed by atoms with Crippen LogP contribution >= 0.6 is 0 Å². The molecular formula is C13H15F3O2. The molecule has 0 unspecified atom stereocenters. The van der Waals surface area contributed by atoms with Crippen molar-refractivity contribution >= 4 is 5.97 Å². The van der Waals surface area contributed by atoms with Gasteiger partial charge in [-0.1, -0.05) is 38.1 Å². The highest BCUT2D eigenvalue weighted by Crippen LogP contribution is 2.33. The third-order valence-electron chi connectivity index (χ3n) is 2.73. The summed E-state index contributed by atoms with van der Waals surface area (Å²) in [5, 5.41) is 8.81. The van der Waals surface area contributed by atoms with Crippen molar-refractivity contribution < 1.29 is 23.1 Å². The molecule has 0 saturated heterocycles. The van der Waals surface area contributed by atoms with Crippen molar-refractivity contribution in [3.63, 3.8) is 0 Å². The first kappa shape index (κ1) is 14.5. The molecule has 1 aromatic rings. The van der Waals surface area contributed by atoms with Crippen LogP contribution in [0.25, 0.3) is 0 Å². The SMILES string of the molecule is CC(C)(CC(=O)O)c1ccccc1CC(F)(F)F. The van der Waals surface area contributed by atoms with Gasteiger partial charge in [0.2, 0.25) is 0 Å². The minimum Gasteiger partial charge on any atom is -0.481 e. The van der Waals surface area contributed by atoms with Crippen LogP contribution in [0.1, 0.15) is 31.4 Å². The zero-order chi connectivity index (χ0) is 14.0. The third-order valence-corrected chi connectivity index (χ3v) is 2.73. The van der Waals surface area contributed by atoms with Crippen LogP contribution in [0.15, 0.2) is 24.3 Å². The van der Waals surface area contributed by atoms with E-state index in [4.69, 9.17) is 5.11 Å². The van der Waals surface area contributed by atoms with Crippen LogP contribution in [0.5, 0.6) is 0 Å². The minimum atomic E-state index is -4.30. The van der Waals surface area contributed by atoms with Crippen molar-refractivity contribution in [1.82, 2.24) is 0 Å². The maximum absolute atomic E-state index is 12.5. The Morgan fingerprint density at radius 3 is 2.28 bits per heavy atom. The Morgan fingerprint density at radius 1 is 1.22 bits per heavy atom. The number of aliphatic carboxylic acids is 1. The number of carbonyl (C=O) groups is 1. The van der Waals surface area contributed by atoms with Crippen molar-refractivity contribution in [2.45, 2.75) is 38.3 Å². The van der Waals surface area contributed by atoms with Gasteiger partial charge in [0.05, 0.1) is 12.8 Å². The fourth-order valence-electron chi connectivity index (χ4n) is 2.02. The number of benzene rings is 1. The van der Waals surface area contributed by atoms with Crippen molar-refractivity contribution in [3.8, 4) is 0 Å². The van der Waals surface area contributed by atoms with E-state index in [1.807, 2.05) is 0 Å². The molecule has 0 fully saturated rings. The first-order valence-electron chi connectivity index (χ1n) is 5.49. The Morgan fingerprint density at radius 2 is 1.78 bits per heavy atom. The number of hydrogen-bond acceptors (Lipinski definition) is 1. The fraction of sp³-hybridized carbons (Fsp3) is 0.462. The van der Waals surface area contributed by atoms with Crippen LogP contribution in [0.3, 0.4) is 0 Å². The van der Waals surface area contributed by atoms with Crippen molar-refractivity contribution in [2.24, 2.45) is 0 Å². The normalized spacial score (nSPS) is 12.5. The van der Waals surface area contributed by atoms with Crippen LogP contribution < -0.4 is 0 Å². The van der Waals surface area contributed by atoms with Gasteiger partial charge in [0.15, 0.2) is 0 Å². The van der Waals surface area contributed by atoms with Gasteiger partial charge in [-0.3, -0.25) is 4.79 Å². The maximum atomic E-state index is 12.5. The highest BCUT2D eigenvalue weighted by Gasteiger charge is 2.32. The Bertz CT molecular complexity index is 436.